The molecule has 0 amide bonds. The van der Waals surface area contributed by atoms with Gasteiger partial charge in [0.2, 0.25) is 0 Å². The van der Waals surface area contributed by atoms with E-state index in [0.29, 0.717) is 0 Å². The molecule has 0 spiro atoms. The first-order valence-electron chi connectivity index (χ1n) is 18.1. The maximum atomic E-state index is 2.33. The number of rotatable bonds is 4. The Morgan fingerprint density at radius 3 is 1.19 bits per heavy atom. The summed E-state index contributed by atoms with van der Waals surface area (Å²) >= 11 is 0. The quantitative estimate of drug-likeness (QED) is 0.131. The third kappa shape index (κ3) is 4.35. The zero-order valence-electron chi connectivity index (χ0n) is 28.5. The van der Waals surface area contributed by atoms with E-state index in [1.807, 2.05) is 0 Å². The molecular formula is C52H32. The van der Waals surface area contributed by atoms with E-state index in [2.05, 4.69) is 194 Å². The lowest BCUT2D eigenvalue weighted by atomic mass is 9.85. The van der Waals surface area contributed by atoms with Crippen LogP contribution in [0.5, 0.6) is 0 Å². The van der Waals surface area contributed by atoms with E-state index in [4.69, 9.17) is 0 Å². The van der Waals surface area contributed by atoms with Gasteiger partial charge in [-0.05, 0) is 115 Å². The van der Waals surface area contributed by atoms with Crippen LogP contribution in [0.4, 0.5) is 0 Å². The van der Waals surface area contributed by atoms with Crippen molar-refractivity contribution in [2.24, 2.45) is 0 Å². The molecule has 0 heteroatoms. The summed E-state index contributed by atoms with van der Waals surface area (Å²) in [5.74, 6) is 0. The standard InChI is InChI=1S/C52H32/c1-2-11-35(12-3-1)49-43-14-6-8-16-45(43)50(46-17-9-7-15-44(46)49)36-21-19-34(20-22-36)41-28-24-37-27-31-48-42(29-25-38-26-30-47(41)51(37)52(38)48)40-23-18-33-10-4-5-13-39(33)32-40/h1-32H. The minimum atomic E-state index is 1.23. The third-order valence-electron chi connectivity index (χ3n) is 11.2. The van der Waals surface area contributed by atoms with Crippen LogP contribution in [-0.2, 0) is 0 Å². The fraction of sp³-hybridized carbons (Fsp3) is 0. The summed E-state index contributed by atoms with van der Waals surface area (Å²) in [6, 6.07) is 71.8. The molecule has 0 saturated carbocycles. The molecule has 0 nitrogen and oxygen atoms in total. The number of hydrogen-bond acceptors (Lipinski definition) is 0. The Bertz CT molecular complexity index is 3090. The van der Waals surface area contributed by atoms with Crippen LogP contribution in [0.2, 0.25) is 0 Å². The van der Waals surface area contributed by atoms with Crippen LogP contribution in [-0.4, -0.2) is 0 Å². The van der Waals surface area contributed by atoms with Gasteiger partial charge in [-0.1, -0.05) is 188 Å². The number of fused-ring (bicyclic) bond motifs is 3. The fourth-order valence-electron chi connectivity index (χ4n) is 8.83. The molecule has 11 rings (SSSR count). The smallest absolute Gasteiger partial charge is 0.00203 e. The van der Waals surface area contributed by atoms with Gasteiger partial charge in [-0.2, -0.15) is 0 Å². The zero-order valence-corrected chi connectivity index (χ0v) is 28.5. The molecular weight excluding hydrogens is 625 g/mol. The van der Waals surface area contributed by atoms with Gasteiger partial charge < -0.3 is 0 Å². The Balaban J connectivity index is 1.08. The van der Waals surface area contributed by atoms with E-state index >= 15 is 0 Å². The van der Waals surface area contributed by atoms with Crippen LogP contribution in [0.1, 0.15) is 0 Å². The lowest BCUT2D eigenvalue weighted by Gasteiger charge is -2.18. The van der Waals surface area contributed by atoms with Gasteiger partial charge in [-0.15, -0.1) is 0 Å². The van der Waals surface area contributed by atoms with Gasteiger partial charge in [0.1, 0.15) is 0 Å². The Labute approximate surface area is 302 Å². The summed E-state index contributed by atoms with van der Waals surface area (Å²) in [5.41, 5.74) is 10.1. The van der Waals surface area contributed by atoms with Gasteiger partial charge in [-0.3, -0.25) is 0 Å². The van der Waals surface area contributed by atoms with E-state index in [1.165, 1.54) is 109 Å². The minimum Gasteiger partial charge on any atom is -0.0622 e. The predicted octanol–water partition coefficient (Wildman–Crippen LogP) is 14.7. The van der Waals surface area contributed by atoms with Crippen molar-refractivity contribution in [2.75, 3.05) is 0 Å². The highest BCUT2D eigenvalue weighted by molar-refractivity contribution is 6.28. The number of benzene rings is 11. The highest BCUT2D eigenvalue weighted by Gasteiger charge is 2.18. The molecule has 0 fully saturated rings. The fourth-order valence-corrected chi connectivity index (χ4v) is 8.83. The second-order valence-corrected chi connectivity index (χ2v) is 14.0. The van der Waals surface area contributed by atoms with Gasteiger partial charge in [0, 0.05) is 0 Å². The molecule has 0 aromatic heterocycles. The monoisotopic (exact) mass is 656 g/mol. The molecule has 0 heterocycles. The Morgan fingerprint density at radius 2 is 0.615 bits per heavy atom. The van der Waals surface area contributed by atoms with Crippen molar-refractivity contribution in [2.45, 2.75) is 0 Å². The van der Waals surface area contributed by atoms with E-state index in [9.17, 15) is 0 Å². The van der Waals surface area contributed by atoms with Crippen molar-refractivity contribution in [3.63, 3.8) is 0 Å². The van der Waals surface area contributed by atoms with Crippen molar-refractivity contribution < 1.29 is 0 Å². The summed E-state index contributed by atoms with van der Waals surface area (Å²) in [5, 5.41) is 15.5. The van der Waals surface area contributed by atoms with Crippen molar-refractivity contribution >= 4 is 64.6 Å². The van der Waals surface area contributed by atoms with Crippen LogP contribution in [0, 0.1) is 0 Å². The maximum Gasteiger partial charge on any atom is -0.00203 e. The van der Waals surface area contributed by atoms with Crippen molar-refractivity contribution in [3.8, 4) is 44.5 Å². The van der Waals surface area contributed by atoms with Crippen LogP contribution in [0.3, 0.4) is 0 Å². The lowest BCUT2D eigenvalue weighted by Crippen LogP contribution is -1.91. The molecule has 52 heavy (non-hydrogen) atoms. The topological polar surface area (TPSA) is 0 Å². The first-order valence-corrected chi connectivity index (χ1v) is 18.1. The Kier molecular flexibility index (Phi) is 6.35. The Hall–Kier alpha value is -6.76. The maximum absolute atomic E-state index is 2.33. The normalized spacial score (nSPS) is 11.8. The summed E-state index contributed by atoms with van der Waals surface area (Å²) in [6.45, 7) is 0. The van der Waals surface area contributed by atoms with Gasteiger partial charge in [0.05, 0.1) is 0 Å². The number of hydrogen-bond donors (Lipinski definition) is 0. The third-order valence-corrected chi connectivity index (χ3v) is 11.2. The van der Waals surface area contributed by atoms with Crippen molar-refractivity contribution in [1.29, 1.82) is 0 Å². The molecule has 240 valence electrons. The molecule has 0 bridgehead atoms. The molecule has 0 aliphatic carbocycles. The highest BCUT2D eigenvalue weighted by Crippen LogP contribution is 2.45. The van der Waals surface area contributed by atoms with Gasteiger partial charge in [0.25, 0.3) is 0 Å². The van der Waals surface area contributed by atoms with Crippen molar-refractivity contribution in [3.05, 3.63) is 194 Å². The average molecular weight is 657 g/mol. The highest BCUT2D eigenvalue weighted by atomic mass is 14.2. The van der Waals surface area contributed by atoms with E-state index < -0.39 is 0 Å². The van der Waals surface area contributed by atoms with Crippen molar-refractivity contribution in [1.82, 2.24) is 0 Å². The molecule has 0 aliphatic heterocycles. The minimum absolute atomic E-state index is 1.23. The second kappa shape index (κ2) is 11.4. The zero-order chi connectivity index (χ0) is 34.2. The van der Waals surface area contributed by atoms with Gasteiger partial charge >= 0.3 is 0 Å². The summed E-state index contributed by atoms with van der Waals surface area (Å²) in [6.07, 6.45) is 0. The molecule has 0 unspecified atom stereocenters. The molecule has 0 N–H and O–H groups in total. The molecule has 11 aromatic rings. The predicted molar refractivity (Wildman–Crippen MR) is 224 cm³/mol. The van der Waals surface area contributed by atoms with Crippen LogP contribution in [0.15, 0.2) is 194 Å². The summed E-state index contributed by atoms with van der Waals surface area (Å²) < 4.78 is 0. The first-order chi connectivity index (χ1) is 25.8. The lowest BCUT2D eigenvalue weighted by molar-refractivity contribution is 1.63. The molecule has 11 aromatic carbocycles. The van der Waals surface area contributed by atoms with Crippen LogP contribution < -0.4 is 0 Å². The van der Waals surface area contributed by atoms with E-state index in [0.717, 1.165) is 0 Å². The molecule has 0 atom stereocenters. The van der Waals surface area contributed by atoms with Crippen LogP contribution in [0.25, 0.3) is 109 Å². The first kappa shape index (κ1) is 29.0. The molecule has 0 radical (unpaired) electrons. The summed E-state index contributed by atoms with van der Waals surface area (Å²) in [4.78, 5) is 0. The second-order valence-electron chi connectivity index (χ2n) is 14.0. The molecule has 0 saturated heterocycles. The molecule has 0 aliphatic rings. The van der Waals surface area contributed by atoms with Gasteiger partial charge in [0.15, 0.2) is 0 Å². The van der Waals surface area contributed by atoms with Gasteiger partial charge in [-0.25, -0.2) is 0 Å². The average Bonchev–Trinajstić information content (AvgIpc) is 3.22. The van der Waals surface area contributed by atoms with E-state index in [-0.39, 0.29) is 0 Å². The van der Waals surface area contributed by atoms with E-state index in [1.54, 1.807) is 0 Å². The largest absolute Gasteiger partial charge is 0.0622 e. The SMILES string of the molecule is c1ccc(-c2c3ccccc3c(-c3ccc(-c4ccc5ccc6c(-c7ccc8ccccc8c7)ccc7ccc4c5c76)cc3)c3ccccc23)cc1. The Morgan fingerprint density at radius 1 is 0.212 bits per heavy atom. The summed E-state index contributed by atoms with van der Waals surface area (Å²) in [7, 11) is 0. The van der Waals surface area contributed by atoms with Crippen LogP contribution >= 0.6 is 0 Å².